The number of benzene rings is 1. The molecule has 1 aliphatic rings. The lowest BCUT2D eigenvalue weighted by atomic mass is 9.99. The van der Waals surface area contributed by atoms with Crippen molar-refractivity contribution in [2.75, 3.05) is 19.6 Å². The lowest BCUT2D eigenvalue weighted by Gasteiger charge is -2.31. The molecule has 2 unspecified atom stereocenters. The molecule has 1 saturated heterocycles. The molecular formula is C15H23NO. The molecule has 0 spiro atoms. The Balaban J connectivity index is 1.78. The van der Waals surface area contributed by atoms with Gasteiger partial charge in [0, 0.05) is 13.1 Å². The standard InChI is InChI=1S/C15H23NO/c1-13-6-5-10-16(12-13)11-9-15(17)14-7-3-2-4-8-14/h2-4,7-8,13,15,17H,5-6,9-12H2,1H3. The van der Waals surface area contributed by atoms with E-state index in [4.69, 9.17) is 0 Å². The Morgan fingerprint density at radius 3 is 2.82 bits per heavy atom. The minimum Gasteiger partial charge on any atom is -0.388 e. The lowest BCUT2D eigenvalue weighted by Crippen LogP contribution is -2.35. The van der Waals surface area contributed by atoms with E-state index in [9.17, 15) is 5.11 Å². The molecule has 2 heteroatoms. The topological polar surface area (TPSA) is 23.5 Å². The molecule has 1 aliphatic heterocycles. The molecule has 1 aromatic carbocycles. The van der Waals surface area contributed by atoms with Gasteiger partial charge >= 0.3 is 0 Å². The predicted octanol–water partition coefficient (Wildman–Crippen LogP) is 2.84. The normalized spacial score (nSPS) is 23.5. The summed E-state index contributed by atoms with van der Waals surface area (Å²) in [5.74, 6) is 0.817. The van der Waals surface area contributed by atoms with Crippen LogP contribution in [-0.4, -0.2) is 29.6 Å². The highest BCUT2D eigenvalue weighted by Crippen LogP contribution is 2.19. The zero-order valence-corrected chi connectivity index (χ0v) is 10.7. The summed E-state index contributed by atoms with van der Waals surface area (Å²) in [5.41, 5.74) is 1.04. The molecule has 17 heavy (non-hydrogen) atoms. The van der Waals surface area contributed by atoms with Gasteiger partial charge < -0.3 is 10.0 Å². The summed E-state index contributed by atoms with van der Waals surface area (Å²) in [7, 11) is 0. The molecule has 1 aromatic rings. The number of likely N-dealkylation sites (tertiary alicyclic amines) is 1. The van der Waals surface area contributed by atoms with Crippen molar-refractivity contribution in [2.45, 2.75) is 32.3 Å². The third-order valence-corrected chi connectivity index (χ3v) is 3.64. The van der Waals surface area contributed by atoms with Crippen molar-refractivity contribution < 1.29 is 5.11 Å². The summed E-state index contributed by atoms with van der Waals surface area (Å²) < 4.78 is 0. The lowest BCUT2D eigenvalue weighted by molar-refractivity contribution is 0.122. The van der Waals surface area contributed by atoms with Gasteiger partial charge in [-0.2, -0.15) is 0 Å². The van der Waals surface area contributed by atoms with Gasteiger partial charge in [-0.1, -0.05) is 37.3 Å². The fourth-order valence-corrected chi connectivity index (χ4v) is 2.64. The molecule has 2 rings (SSSR count). The van der Waals surface area contributed by atoms with Gasteiger partial charge in [-0.05, 0) is 37.3 Å². The number of aliphatic hydroxyl groups is 1. The molecule has 0 radical (unpaired) electrons. The summed E-state index contributed by atoms with van der Waals surface area (Å²) in [6.45, 7) is 5.73. The fourth-order valence-electron chi connectivity index (χ4n) is 2.64. The van der Waals surface area contributed by atoms with Crippen molar-refractivity contribution in [2.24, 2.45) is 5.92 Å². The minimum atomic E-state index is -0.312. The zero-order valence-electron chi connectivity index (χ0n) is 10.7. The van der Waals surface area contributed by atoms with Gasteiger partial charge in [-0.15, -0.1) is 0 Å². The fraction of sp³-hybridized carbons (Fsp3) is 0.600. The first-order valence-corrected chi connectivity index (χ1v) is 6.71. The van der Waals surface area contributed by atoms with E-state index in [1.54, 1.807) is 0 Å². The van der Waals surface area contributed by atoms with Crippen LogP contribution in [0.15, 0.2) is 30.3 Å². The highest BCUT2D eigenvalue weighted by Gasteiger charge is 2.17. The maximum Gasteiger partial charge on any atom is 0.0802 e. The Bertz CT molecular complexity index is 325. The van der Waals surface area contributed by atoms with Crippen LogP contribution in [0.4, 0.5) is 0 Å². The van der Waals surface area contributed by atoms with Gasteiger partial charge in [0.2, 0.25) is 0 Å². The van der Waals surface area contributed by atoms with E-state index in [0.717, 1.165) is 24.4 Å². The highest BCUT2D eigenvalue weighted by molar-refractivity contribution is 5.17. The molecule has 0 aromatic heterocycles. The second kappa shape index (κ2) is 6.18. The Morgan fingerprint density at radius 1 is 1.35 bits per heavy atom. The third-order valence-electron chi connectivity index (χ3n) is 3.64. The molecule has 94 valence electrons. The number of rotatable bonds is 4. The quantitative estimate of drug-likeness (QED) is 0.864. The molecule has 0 aliphatic carbocycles. The molecule has 0 amide bonds. The van der Waals surface area contributed by atoms with Crippen molar-refractivity contribution in [1.29, 1.82) is 0 Å². The van der Waals surface area contributed by atoms with Gasteiger partial charge in [0.05, 0.1) is 6.10 Å². The first kappa shape index (κ1) is 12.6. The van der Waals surface area contributed by atoms with Crippen LogP contribution in [0.3, 0.4) is 0 Å². The van der Waals surface area contributed by atoms with Crippen molar-refractivity contribution in [3.63, 3.8) is 0 Å². The van der Waals surface area contributed by atoms with Crippen LogP contribution in [0.2, 0.25) is 0 Å². The molecule has 0 saturated carbocycles. The van der Waals surface area contributed by atoms with Crippen molar-refractivity contribution in [3.8, 4) is 0 Å². The van der Waals surface area contributed by atoms with Crippen molar-refractivity contribution in [1.82, 2.24) is 4.90 Å². The summed E-state index contributed by atoms with van der Waals surface area (Å²) >= 11 is 0. The largest absolute Gasteiger partial charge is 0.388 e. The van der Waals surface area contributed by atoms with E-state index >= 15 is 0 Å². The van der Waals surface area contributed by atoms with E-state index in [1.165, 1.54) is 25.9 Å². The molecular weight excluding hydrogens is 210 g/mol. The average Bonchev–Trinajstić information content (AvgIpc) is 2.37. The van der Waals surface area contributed by atoms with Crippen LogP contribution in [-0.2, 0) is 0 Å². The first-order chi connectivity index (χ1) is 8.25. The highest BCUT2D eigenvalue weighted by atomic mass is 16.3. The van der Waals surface area contributed by atoms with E-state index in [-0.39, 0.29) is 6.10 Å². The molecule has 2 nitrogen and oxygen atoms in total. The monoisotopic (exact) mass is 233 g/mol. The van der Waals surface area contributed by atoms with Crippen LogP contribution in [0.5, 0.6) is 0 Å². The van der Waals surface area contributed by atoms with Crippen LogP contribution in [0, 0.1) is 5.92 Å². The van der Waals surface area contributed by atoms with Gasteiger partial charge in [0.15, 0.2) is 0 Å². The predicted molar refractivity (Wildman–Crippen MR) is 70.9 cm³/mol. The number of piperidine rings is 1. The number of hydrogen-bond acceptors (Lipinski definition) is 2. The first-order valence-electron chi connectivity index (χ1n) is 6.71. The zero-order chi connectivity index (χ0) is 12.1. The van der Waals surface area contributed by atoms with E-state index in [2.05, 4.69) is 11.8 Å². The smallest absolute Gasteiger partial charge is 0.0802 e. The summed E-state index contributed by atoms with van der Waals surface area (Å²) in [6.07, 6.45) is 3.20. The molecule has 1 N–H and O–H groups in total. The maximum atomic E-state index is 10.1. The van der Waals surface area contributed by atoms with Crippen LogP contribution in [0.25, 0.3) is 0 Å². The van der Waals surface area contributed by atoms with Gasteiger partial charge in [-0.3, -0.25) is 0 Å². The summed E-state index contributed by atoms with van der Waals surface area (Å²) in [4.78, 5) is 2.49. The van der Waals surface area contributed by atoms with Gasteiger partial charge in [0.1, 0.15) is 0 Å². The average molecular weight is 233 g/mol. The Hall–Kier alpha value is -0.860. The van der Waals surface area contributed by atoms with Crippen LogP contribution in [0.1, 0.15) is 37.9 Å². The second-order valence-electron chi connectivity index (χ2n) is 5.26. The van der Waals surface area contributed by atoms with Crippen molar-refractivity contribution in [3.05, 3.63) is 35.9 Å². The number of aliphatic hydroxyl groups excluding tert-OH is 1. The maximum absolute atomic E-state index is 10.1. The summed E-state index contributed by atoms with van der Waals surface area (Å²) in [6, 6.07) is 9.97. The van der Waals surface area contributed by atoms with Crippen molar-refractivity contribution >= 4 is 0 Å². The molecule has 0 bridgehead atoms. The Kier molecular flexibility index (Phi) is 4.57. The molecule has 1 heterocycles. The molecule has 1 fully saturated rings. The van der Waals surface area contributed by atoms with Crippen LogP contribution >= 0.6 is 0 Å². The Morgan fingerprint density at radius 2 is 2.12 bits per heavy atom. The second-order valence-corrected chi connectivity index (χ2v) is 5.26. The third kappa shape index (κ3) is 3.83. The minimum absolute atomic E-state index is 0.312. The number of nitrogens with zero attached hydrogens (tertiary/aromatic N) is 1. The van der Waals surface area contributed by atoms with E-state index < -0.39 is 0 Å². The van der Waals surface area contributed by atoms with E-state index in [1.807, 2.05) is 30.3 Å². The van der Waals surface area contributed by atoms with Crippen LogP contribution < -0.4 is 0 Å². The van der Waals surface area contributed by atoms with Gasteiger partial charge in [0.25, 0.3) is 0 Å². The van der Waals surface area contributed by atoms with E-state index in [0.29, 0.717) is 0 Å². The Labute approximate surface area is 104 Å². The van der Waals surface area contributed by atoms with Gasteiger partial charge in [-0.25, -0.2) is 0 Å². The summed E-state index contributed by atoms with van der Waals surface area (Å²) in [5, 5.41) is 10.1. The number of hydrogen-bond donors (Lipinski definition) is 1. The molecule has 2 atom stereocenters. The SMILES string of the molecule is CC1CCCN(CCC(O)c2ccccc2)C1.